The SMILES string of the molecule is O=C1NC2(CCCC2)C(=O)N1CC1CCCO1. The van der Waals surface area contributed by atoms with Gasteiger partial charge in [-0.25, -0.2) is 4.79 Å². The average molecular weight is 238 g/mol. The molecule has 3 rings (SSSR count). The number of ether oxygens (including phenoxy) is 1. The normalized spacial score (nSPS) is 31.5. The maximum absolute atomic E-state index is 12.3. The molecule has 1 aliphatic carbocycles. The number of carbonyl (C=O) groups is 2. The molecule has 1 atom stereocenters. The van der Waals surface area contributed by atoms with E-state index >= 15 is 0 Å². The maximum atomic E-state index is 12.3. The summed E-state index contributed by atoms with van der Waals surface area (Å²) < 4.78 is 5.49. The summed E-state index contributed by atoms with van der Waals surface area (Å²) in [4.78, 5) is 25.5. The smallest absolute Gasteiger partial charge is 0.325 e. The molecule has 0 radical (unpaired) electrons. The molecule has 94 valence electrons. The molecule has 2 heterocycles. The number of nitrogens with zero attached hydrogens (tertiary/aromatic N) is 1. The first kappa shape index (κ1) is 11.0. The zero-order valence-electron chi connectivity index (χ0n) is 9.91. The van der Waals surface area contributed by atoms with Gasteiger partial charge in [-0.15, -0.1) is 0 Å². The first-order valence-corrected chi connectivity index (χ1v) is 6.47. The van der Waals surface area contributed by atoms with Crippen molar-refractivity contribution in [3.05, 3.63) is 0 Å². The molecule has 1 saturated carbocycles. The second-order valence-corrected chi connectivity index (χ2v) is 5.27. The molecule has 1 spiro atoms. The summed E-state index contributed by atoms with van der Waals surface area (Å²) in [6.07, 6.45) is 5.66. The lowest BCUT2D eigenvalue weighted by atomic mass is 9.98. The molecule has 3 fully saturated rings. The molecule has 0 aromatic heterocycles. The molecule has 2 aliphatic heterocycles. The highest BCUT2D eigenvalue weighted by atomic mass is 16.5. The minimum Gasteiger partial charge on any atom is -0.376 e. The van der Waals surface area contributed by atoms with Crippen molar-refractivity contribution in [2.24, 2.45) is 0 Å². The van der Waals surface area contributed by atoms with Crippen LogP contribution in [0.4, 0.5) is 4.79 Å². The predicted molar refractivity (Wildman–Crippen MR) is 60.4 cm³/mol. The van der Waals surface area contributed by atoms with Gasteiger partial charge in [0.15, 0.2) is 0 Å². The molecule has 3 aliphatic rings. The number of rotatable bonds is 2. The van der Waals surface area contributed by atoms with Gasteiger partial charge in [0.25, 0.3) is 5.91 Å². The van der Waals surface area contributed by atoms with Crippen molar-refractivity contribution in [3.63, 3.8) is 0 Å². The van der Waals surface area contributed by atoms with Gasteiger partial charge < -0.3 is 10.1 Å². The van der Waals surface area contributed by atoms with Crippen LogP contribution in [0.3, 0.4) is 0 Å². The van der Waals surface area contributed by atoms with E-state index in [2.05, 4.69) is 5.32 Å². The van der Waals surface area contributed by atoms with Gasteiger partial charge in [0.05, 0.1) is 12.6 Å². The molecule has 5 heteroatoms. The van der Waals surface area contributed by atoms with Crippen molar-refractivity contribution in [2.45, 2.75) is 50.2 Å². The Morgan fingerprint density at radius 1 is 1.29 bits per heavy atom. The molecule has 5 nitrogen and oxygen atoms in total. The van der Waals surface area contributed by atoms with Crippen LogP contribution in [-0.2, 0) is 9.53 Å². The largest absolute Gasteiger partial charge is 0.376 e. The molecule has 0 aromatic carbocycles. The van der Waals surface area contributed by atoms with Crippen LogP contribution < -0.4 is 5.32 Å². The number of carbonyl (C=O) groups excluding carboxylic acids is 2. The van der Waals surface area contributed by atoms with Crippen molar-refractivity contribution in [1.29, 1.82) is 0 Å². The lowest BCUT2D eigenvalue weighted by Crippen LogP contribution is -2.44. The molecule has 17 heavy (non-hydrogen) atoms. The topological polar surface area (TPSA) is 58.6 Å². The second-order valence-electron chi connectivity index (χ2n) is 5.27. The fraction of sp³-hybridized carbons (Fsp3) is 0.833. The van der Waals surface area contributed by atoms with Crippen molar-refractivity contribution in [2.75, 3.05) is 13.2 Å². The van der Waals surface area contributed by atoms with Crippen LogP contribution in [0.25, 0.3) is 0 Å². The lowest BCUT2D eigenvalue weighted by Gasteiger charge is -2.21. The molecule has 0 bridgehead atoms. The number of nitrogens with one attached hydrogen (secondary N) is 1. The molecule has 1 unspecified atom stereocenters. The first-order chi connectivity index (χ1) is 8.21. The van der Waals surface area contributed by atoms with E-state index < -0.39 is 5.54 Å². The minimum absolute atomic E-state index is 0.0319. The third kappa shape index (κ3) is 1.73. The zero-order chi connectivity index (χ0) is 11.9. The molecule has 3 amide bonds. The van der Waals surface area contributed by atoms with E-state index in [-0.39, 0.29) is 18.0 Å². The van der Waals surface area contributed by atoms with Crippen molar-refractivity contribution >= 4 is 11.9 Å². The predicted octanol–water partition coefficient (Wildman–Crippen LogP) is 1.03. The molecule has 0 aromatic rings. The average Bonchev–Trinajstić information content (AvgIpc) is 2.99. The number of hydrogen-bond donors (Lipinski definition) is 1. The molecular weight excluding hydrogens is 220 g/mol. The monoisotopic (exact) mass is 238 g/mol. The van der Waals surface area contributed by atoms with E-state index in [9.17, 15) is 9.59 Å². The highest BCUT2D eigenvalue weighted by Crippen LogP contribution is 2.35. The summed E-state index contributed by atoms with van der Waals surface area (Å²) in [5.74, 6) is -0.0319. The number of hydrogen-bond acceptors (Lipinski definition) is 3. The van der Waals surface area contributed by atoms with Gasteiger partial charge in [0.1, 0.15) is 5.54 Å². The second kappa shape index (κ2) is 3.98. The summed E-state index contributed by atoms with van der Waals surface area (Å²) in [6.45, 7) is 1.17. The lowest BCUT2D eigenvalue weighted by molar-refractivity contribution is -0.132. The van der Waals surface area contributed by atoms with Crippen LogP contribution in [0.1, 0.15) is 38.5 Å². The van der Waals surface area contributed by atoms with E-state index in [0.717, 1.165) is 45.1 Å². The van der Waals surface area contributed by atoms with E-state index in [0.29, 0.717) is 6.54 Å². The Bertz CT molecular complexity index is 344. The van der Waals surface area contributed by atoms with Gasteiger partial charge in [-0.3, -0.25) is 9.69 Å². The van der Waals surface area contributed by atoms with Gasteiger partial charge in [-0.05, 0) is 25.7 Å². The van der Waals surface area contributed by atoms with E-state index in [1.165, 1.54) is 4.90 Å². The Hall–Kier alpha value is -1.10. The minimum atomic E-state index is -0.574. The standard InChI is InChI=1S/C12H18N2O3/c15-10-12(5-1-2-6-12)13-11(16)14(10)8-9-4-3-7-17-9/h9H,1-8H2,(H,13,16). The summed E-state index contributed by atoms with van der Waals surface area (Å²) in [6, 6.07) is -0.229. The van der Waals surface area contributed by atoms with Crippen LogP contribution in [0.15, 0.2) is 0 Å². The molecular formula is C12H18N2O3. The Balaban J connectivity index is 1.72. The quantitative estimate of drug-likeness (QED) is 0.731. The van der Waals surface area contributed by atoms with Crippen LogP contribution in [-0.4, -0.2) is 41.6 Å². The van der Waals surface area contributed by atoms with Crippen molar-refractivity contribution < 1.29 is 14.3 Å². The van der Waals surface area contributed by atoms with Gasteiger partial charge >= 0.3 is 6.03 Å². The Kier molecular flexibility index (Phi) is 2.58. The summed E-state index contributed by atoms with van der Waals surface area (Å²) in [5, 5.41) is 2.88. The Labute approximate surface area is 100 Å². The van der Waals surface area contributed by atoms with Crippen LogP contribution in [0.5, 0.6) is 0 Å². The number of urea groups is 1. The third-order valence-electron chi connectivity index (χ3n) is 4.11. The number of imide groups is 1. The summed E-state index contributed by atoms with van der Waals surface area (Å²) in [7, 11) is 0. The van der Waals surface area contributed by atoms with E-state index in [1.807, 2.05) is 0 Å². The van der Waals surface area contributed by atoms with Crippen molar-refractivity contribution in [1.82, 2.24) is 10.2 Å². The highest BCUT2D eigenvalue weighted by Gasteiger charge is 2.52. The Morgan fingerprint density at radius 2 is 2.06 bits per heavy atom. The van der Waals surface area contributed by atoms with Crippen LogP contribution >= 0.6 is 0 Å². The van der Waals surface area contributed by atoms with Crippen LogP contribution in [0, 0.1) is 0 Å². The van der Waals surface area contributed by atoms with Gasteiger partial charge in [-0.1, -0.05) is 12.8 Å². The fourth-order valence-electron chi connectivity index (χ4n) is 3.15. The summed E-state index contributed by atoms with van der Waals surface area (Å²) in [5.41, 5.74) is -0.574. The third-order valence-corrected chi connectivity index (χ3v) is 4.11. The number of amides is 3. The molecule has 2 saturated heterocycles. The van der Waals surface area contributed by atoms with E-state index in [1.54, 1.807) is 0 Å². The van der Waals surface area contributed by atoms with E-state index in [4.69, 9.17) is 4.74 Å². The maximum Gasteiger partial charge on any atom is 0.325 e. The molecule has 1 N–H and O–H groups in total. The highest BCUT2D eigenvalue weighted by molar-refractivity contribution is 6.07. The fourth-order valence-corrected chi connectivity index (χ4v) is 3.15. The van der Waals surface area contributed by atoms with Gasteiger partial charge in [0, 0.05) is 6.61 Å². The van der Waals surface area contributed by atoms with Crippen molar-refractivity contribution in [3.8, 4) is 0 Å². The summed E-state index contributed by atoms with van der Waals surface area (Å²) >= 11 is 0. The Morgan fingerprint density at radius 3 is 2.71 bits per heavy atom. The van der Waals surface area contributed by atoms with Gasteiger partial charge in [0.2, 0.25) is 0 Å². The van der Waals surface area contributed by atoms with Crippen LogP contribution in [0.2, 0.25) is 0 Å². The first-order valence-electron chi connectivity index (χ1n) is 6.47. The zero-order valence-corrected chi connectivity index (χ0v) is 9.91. The van der Waals surface area contributed by atoms with Gasteiger partial charge in [-0.2, -0.15) is 0 Å².